The molecule has 9 nitrogen and oxygen atoms in total. The van der Waals surface area contributed by atoms with Gasteiger partial charge in [0.1, 0.15) is 5.69 Å². The highest BCUT2D eigenvalue weighted by molar-refractivity contribution is 7.89. The quantitative estimate of drug-likeness (QED) is 0.562. The van der Waals surface area contributed by atoms with Gasteiger partial charge in [-0.3, -0.25) is 14.9 Å². The van der Waals surface area contributed by atoms with Crippen LogP contribution in [0.1, 0.15) is 27.2 Å². The van der Waals surface area contributed by atoms with Crippen LogP contribution in [0, 0.1) is 15.5 Å². The third kappa shape index (κ3) is 3.51. The molecule has 1 aromatic rings. The molecule has 1 aromatic carbocycles. The van der Waals surface area contributed by atoms with Crippen molar-refractivity contribution in [2.24, 2.45) is 5.41 Å². The maximum absolute atomic E-state index is 12.6. The monoisotopic (exact) mass is 385 g/mol. The van der Waals surface area contributed by atoms with Crippen molar-refractivity contribution in [3.05, 3.63) is 28.3 Å². The van der Waals surface area contributed by atoms with E-state index in [4.69, 9.17) is 0 Å². The van der Waals surface area contributed by atoms with Crippen molar-refractivity contribution in [1.82, 2.24) is 4.31 Å². The number of carboxylic acid groups (broad SMARTS) is 1. The first-order chi connectivity index (χ1) is 12.1. The lowest BCUT2D eigenvalue weighted by atomic mass is 9.90. The van der Waals surface area contributed by atoms with E-state index in [0.717, 1.165) is 6.07 Å². The van der Waals surface area contributed by atoms with Gasteiger partial charge in [-0.05, 0) is 25.5 Å². The molecule has 0 spiro atoms. The van der Waals surface area contributed by atoms with E-state index in [-0.39, 0.29) is 35.9 Å². The third-order valence-electron chi connectivity index (χ3n) is 4.82. The molecule has 0 aliphatic carbocycles. The average molecular weight is 385 g/mol. The number of anilines is 1. The Morgan fingerprint density at radius 3 is 2.46 bits per heavy atom. The summed E-state index contributed by atoms with van der Waals surface area (Å²) in [4.78, 5) is 23.8. The molecule has 1 unspecified atom stereocenters. The van der Waals surface area contributed by atoms with Gasteiger partial charge in [0.05, 0.1) is 15.2 Å². The molecule has 1 saturated heterocycles. The summed E-state index contributed by atoms with van der Waals surface area (Å²) in [7, 11) is -3.82. The molecule has 0 aromatic heterocycles. The molecule has 1 heterocycles. The van der Waals surface area contributed by atoms with Gasteiger partial charge in [-0.2, -0.15) is 4.31 Å². The van der Waals surface area contributed by atoms with Crippen LogP contribution in [0.15, 0.2) is 23.1 Å². The summed E-state index contributed by atoms with van der Waals surface area (Å²) < 4.78 is 26.4. The lowest BCUT2D eigenvalue weighted by molar-refractivity contribution is -0.384. The van der Waals surface area contributed by atoms with Crippen molar-refractivity contribution in [2.45, 2.75) is 32.1 Å². The minimum Gasteiger partial charge on any atom is -0.481 e. The molecule has 144 valence electrons. The van der Waals surface area contributed by atoms with Crippen LogP contribution < -0.4 is 4.90 Å². The molecule has 10 heteroatoms. The van der Waals surface area contributed by atoms with Gasteiger partial charge in [-0.1, -0.05) is 13.8 Å². The van der Waals surface area contributed by atoms with E-state index in [9.17, 15) is 28.4 Å². The van der Waals surface area contributed by atoms with Crippen LogP contribution >= 0.6 is 0 Å². The summed E-state index contributed by atoms with van der Waals surface area (Å²) in [6, 6.07) is 3.79. The number of sulfonamides is 1. The molecule has 0 amide bonds. The zero-order valence-electron chi connectivity index (χ0n) is 15.0. The largest absolute Gasteiger partial charge is 0.481 e. The highest BCUT2D eigenvalue weighted by atomic mass is 32.2. The summed E-state index contributed by atoms with van der Waals surface area (Å²) in [5.74, 6) is -0.955. The lowest BCUT2D eigenvalue weighted by Gasteiger charge is -2.22. The second-order valence-corrected chi connectivity index (χ2v) is 8.47. The van der Waals surface area contributed by atoms with Crippen molar-refractivity contribution in [1.29, 1.82) is 0 Å². The molecule has 1 aliphatic heterocycles. The van der Waals surface area contributed by atoms with Gasteiger partial charge in [0, 0.05) is 32.2 Å². The minimum atomic E-state index is -3.82. The first-order valence-corrected chi connectivity index (χ1v) is 9.77. The van der Waals surface area contributed by atoms with E-state index in [1.807, 2.05) is 0 Å². The highest BCUT2D eigenvalue weighted by Crippen LogP contribution is 2.38. The fraction of sp³-hybridized carbons (Fsp3) is 0.562. The summed E-state index contributed by atoms with van der Waals surface area (Å²) in [5, 5.41) is 20.9. The molecule has 0 saturated carbocycles. The first kappa shape index (κ1) is 20.1. The Bertz CT molecular complexity index is 821. The van der Waals surface area contributed by atoms with Crippen molar-refractivity contribution >= 4 is 27.4 Å². The molecule has 26 heavy (non-hydrogen) atoms. The van der Waals surface area contributed by atoms with E-state index >= 15 is 0 Å². The number of aliphatic carboxylic acids is 1. The summed E-state index contributed by atoms with van der Waals surface area (Å²) in [6.45, 7) is 5.99. The number of carbonyl (C=O) groups is 1. The van der Waals surface area contributed by atoms with Crippen LogP contribution in [0.4, 0.5) is 11.4 Å². The Labute approximate surface area is 152 Å². The normalized spacial score (nSPS) is 20.5. The Kier molecular flexibility index (Phi) is 5.57. The van der Waals surface area contributed by atoms with E-state index in [2.05, 4.69) is 0 Å². The molecule has 0 bridgehead atoms. The first-order valence-electron chi connectivity index (χ1n) is 8.33. The molecule has 1 aliphatic rings. The molecular weight excluding hydrogens is 362 g/mol. The fourth-order valence-corrected chi connectivity index (χ4v) is 4.61. The second-order valence-electron chi connectivity index (χ2n) is 6.53. The van der Waals surface area contributed by atoms with Gasteiger partial charge in [0.25, 0.3) is 5.69 Å². The zero-order chi connectivity index (χ0) is 19.7. The van der Waals surface area contributed by atoms with Crippen molar-refractivity contribution in [2.75, 3.05) is 31.1 Å². The smallest absolute Gasteiger partial charge is 0.311 e. The van der Waals surface area contributed by atoms with E-state index in [1.54, 1.807) is 25.7 Å². The third-order valence-corrected chi connectivity index (χ3v) is 6.86. The van der Waals surface area contributed by atoms with Crippen molar-refractivity contribution in [3.8, 4) is 0 Å². The maximum atomic E-state index is 12.6. The number of hydrogen-bond donors (Lipinski definition) is 1. The van der Waals surface area contributed by atoms with Gasteiger partial charge in [0.15, 0.2) is 0 Å². The van der Waals surface area contributed by atoms with E-state index in [1.165, 1.54) is 16.4 Å². The molecular formula is C16H23N3O6S. The van der Waals surface area contributed by atoms with E-state index in [0.29, 0.717) is 13.0 Å². The SMILES string of the molecule is CCN(CC)S(=O)(=O)c1ccc(N2CCC(C)(C(=O)O)C2)c([N+](=O)[O-])c1. The van der Waals surface area contributed by atoms with Gasteiger partial charge in [0.2, 0.25) is 10.0 Å². The highest BCUT2D eigenvalue weighted by Gasteiger charge is 2.42. The predicted octanol–water partition coefficient (Wildman–Crippen LogP) is 1.93. The van der Waals surface area contributed by atoms with Crippen LogP contribution in [-0.4, -0.2) is 54.9 Å². The van der Waals surface area contributed by atoms with Crippen molar-refractivity contribution in [3.63, 3.8) is 0 Å². The van der Waals surface area contributed by atoms with Crippen LogP contribution in [0.3, 0.4) is 0 Å². The fourth-order valence-electron chi connectivity index (χ4n) is 3.13. The standard InChI is InChI=1S/C16H23N3O6S/c1-4-18(5-2)26(24,25)12-6-7-13(14(10-12)19(22)23)17-9-8-16(3,11-17)15(20)21/h6-7,10H,4-5,8-9,11H2,1-3H3,(H,20,21). The number of nitro groups is 1. The van der Waals surface area contributed by atoms with Crippen LogP contribution in [0.25, 0.3) is 0 Å². The Morgan fingerprint density at radius 2 is 2.00 bits per heavy atom. The molecule has 1 fully saturated rings. The number of nitrogens with zero attached hydrogens (tertiary/aromatic N) is 3. The molecule has 0 radical (unpaired) electrons. The number of nitro benzene ring substituents is 1. The van der Waals surface area contributed by atoms with Gasteiger partial charge in [-0.15, -0.1) is 0 Å². The number of rotatable bonds is 7. The van der Waals surface area contributed by atoms with Gasteiger partial charge in [-0.25, -0.2) is 8.42 Å². The topological polar surface area (TPSA) is 121 Å². The van der Waals surface area contributed by atoms with Crippen LogP contribution in [0.5, 0.6) is 0 Å². The Hall–Kier alpha value is -2.20. The van der Waals surface area contributed by atoms with Gasteiger partial charge >= 0.3 is 5.97 Å². The number of carboxylic acids is 1. The summed E-state index contributed by atoms with van der Waals surface area (Å²) in [6.07, 6.45) is 0.360. The Morgan fingerprint density at radius 1 is 1.38 bits per heavy atom. The number of benzene rings is 1. The minimum absolute atomic E-state index is 0.130. The molecule has 1 N–H and O–H groups in total. The second kappa shape index (κ2) is 7.20. The van der Waals surface area contributed by atoms with Crippen molar-refractivity contribution < 1.29 is 23.2 Å². The summed E-state index contributed by atoms with van der Waals surface area (Å²) >= 11 is 0. The molecule has 1 atom stereocenters. The van der Waals surface area contributed by atoms with E-state index < -0.39 is 26.3 Å². The van der Waals surface area contributed by atoms with Crippen LogP contribution in [0.2, 0.25) is 0 Å². The molecule has 2 rings (SSSR count). The Balaban J connectivity index is 2.46. The average Bonchev–Trinajstić information content (AvgIpc) is 2.99. The van der Waals surface area contributed by atoms with Gasteiger partial charge < -0.3 is 10.0 Å². The predicted molar refractivity (Wildman–Crippen MR) is 95.8 cm³/mol. The lowest BCUT2D eigenvalue weighted by Crippen LogP contribution is -2.32. The zero-order valence-corrected chi connectivity index (χ0v) is 15.8. The summed E-state index contributed by atoms with van der Waals surface area (Å²) in [5.41, 5.74) is -1.09. The van der Waals surface area contributed by atoms with Crippen LogP contribution in [-0.2, 0) is 14.8 Å². The number of hydrogen-bond acceptors (Lipinski definition) is 6. The maximum Gasteiger partial charge on any atom is 0.311 e.